The normalized spacial score (nSPS) is 11.7. The molecule has 1 unspecified atom stereocenters. The van der Waals surface area contributed by atoms with Crippen LogP contribution in [0.25, 0.3) is 0 Å². The first-order chi connectivity index (χ1) is 9.45. The molecule has 2 amide bonds. The van der Waals surface area contributed by atoms with Crippen LogP contribution in [0.15, 0.2) is 30.3 Å². The Balaban J connectivity index is 2.78. The first kappa shape index (κ1) is 15.8. The number of aliphatic carboxylic acids is 1. The Labute approximate surface area is 116 Å². The van der Waals surface area contributed by atoms with Crippen LogP contribution in [0, 0.1) is 0 Å². The van der Waals surface area contributed by atoms with E-state index in [0.717, 1.165) is 5.56 Å². The molecular formula is C13H17N3O4. The highest BCUT2D eigenvalue weighted by Gasteiger charge is 2.27. The minimum absolute atomic E-state index is 0.216. The van der Waals surface area contributed by atoms with Crippen molar-refractivity contribution in [2.24, 2.45) is 11.5 Å². The van der Waals surface area contributed by atoms with Crippen LogP contribution >= 0.6 is 0 Å². The molecule has 0 saturated carbocycles. The molecule has 20 heavy (non-hydrogen) atoms. The van der Waals surface area contributed by atoms with Crippen LogP contribution in [0.3, 0.4) is 0 Å². The van der Waals surface area contributed by atoms with Gasteiger partial charge in [0.2, 0.25) is 11.8 Å². The number of nitrogens with two attached hydrogens (primary N) is 2. The predicted octanol–water partition coefficient (Wildman–Crippen LogP) is -1.05. The molecular weight excluding hydrogens is 262 g/mol. The van der Waals surface area contributed by atoms with Crippen LogP contribution in [-0.2, 0) is 20.8 Å². The number of benzene rings is 1. The molecule has 1 aromatic rings. The topological polar surface area (TPSA) is 127 Å². The van der Waals surface area contributed by atoms with Gasteiger partial charge in [0, 0.05) is 0 Å². The van der Waals surface area contributed by atoms with E-state index in [0.29, 0.717) is 4.90 Å². The van der Waals surface area contributed by atoms with Crippen LogP contribution in [-0.4, -0.2) is 46.9 Å². The Morgan fingerprint density at radius 2 is 1.80 bits per heavy atom. The third kappa shape index (κ3) is 4.45. The molecule has 0 spiro atoms. The van der Waals surface area contributed by atoms with Crippen LogP contribution in [0.5, 0.6) is 0 Å². The van der Waals surface area contributed by atoms with E-state index in [1.54, 1.807) is 24.3 Å². The third-order valence-corrected chi connectivity index (χ3v) is 2.65. The number of amides is 2. The van der Waals surface area contributed by atoms with E-state index in [4.69, 9.17) is 16.6 Å². The maximum atomic E-state index is 12.0. The van der Waals surface area contributed by atoms with Crippen molar-refractivity contribution in [1.29, 1.82) is 0 Å². The smallest absolute Gasteiger partial charge is 0.323 e. The standard InChI is InChI=1S/C13H17N3O4/c14-7-11(17)16(8-12(18)19)13(20)10(15)6-9-4-2-1-3-5-9/h1-5,10H,6-8,14-15H2,(H,18,19). The maximum absolute atomic E-state index is 12.0. The highest BCUT2D eigenvalue weighted by atomic mass is 16.4. The lowest BCUT2D eigenvalue weighted by atomic mass is 10.1. The van der Waals surface area contributed by atoms with Gasteiger partial charge in [-0.2, -0.15) is 0 Å². The fourth-order valence-corrected chi connectivity index (χ4v) is 1.69. The quantitative estimate of drug-likeness (QED) is 0.610. The molecule has 0 aliphatic heterocycles. The molecule has 0 fully saturated rings. The summed E-state index contributed by atoms with van der Waals surface area (Å²) in [5.41, 5.74) is 11.7. The zero-order chi connectivity index (χ0) is 15.1. The summed E-state index contributed by atoms with van der Waals surface area (Å²) in [5, 5.41) is 8.72. The first-order valence-corrected chi connectivity index (χ1v) is 6.01. The van der Waals surface area contributed by atoms with Crippen LogP contribution in [0.2, 0.25) is 0 Å². The van der Waals surface area contributed by atoms with Gasteiger partial charge in [-0.1, -0.05) is 30.3 Å². The molecule has 0 aromatic heterocycles. The van der Waals surface area contributed by atoms with Crippen LogP contribution < -0.4 is 11.5 Å². The van der Waals surface area contributed by atoms with E-state index < -0.39 is 36.9 Å². The van der Waals surface area contributed by atoms with Gasteiger partial charge >= 0.3 is 5.97 Å². The average molecular weight is 279 g/mol. The Hall–Kier alpha value is -2.25. The van der Waals surface area contributed by atoms with E-state index in [2.05, 4.69) is 0 Å². The first-order valence-electron chi connectivity index (χ1n) is 6.01. The van der Waals surface area contributed by atoms with Gasteiger partial charge in [-0.3, -0.25) is 19.3 Å². The van der Waals surface area contributed by atoms with Crippen molar-refractivity contribution in [3.63, 3.8) is 0 Å². The Morgan fingerprint density at radius 3 is 2.30 bits per heavy atom. The Bertz CT molecular complexity index is 490. The van der Waals surface area contributed by atoms with E-state index >= 15 is 0 Å². The van der Waals surface area contributed by atoms with Gasteiger partial charge < -0.3 is 16.6 Å². The lowest BCUT2D eigenvalue weighted by molar-refractivity contribution is -0.152. The molecule has 0 radical (unpaired) electrons. The Kier molecular flexibility index (Phi) is 5.82. The van der Waals surface area contributed by atoms with E-state index in [1.807, 2.05) is 6.07 Å². The van der Waals surface area contributed by atoms with Gasteiger partial charge in [0.05, 0.1) is 12.6 Å². The highest BCUT2D eigenvalue weighted by molar-refractivity contribution is 6.00. The number of hydrogen-bond acceptors (Lipinski definition) is 5. The van der Waals surface area contributed by atoms with Crippen molar-refractivity contribution in [3.8, 4) is 0 Å². The minimum Gasteiger partial charge on any atom is -0.480 e. The largest absolute Gasteiger partial charge is 0.480 e. The molecule has 0 aliphatic rings. The van der Waals surface area contributed by atoms with Crippen molar-refractivity contribution < 1.29 is 19.5 Å². The van der Waals surface area contributed by atoms with Crippen molar-refractivity contribution in [2.45, 2.75) is 12.5 Å². The molecule has 7 nitrogen and oxygen atoms in total. The van der Waals surface area contributed by atoms with Crippen molar-refractivity contribution in [2.75, 3.05) is 13.1 Å². The summed E-state index contributed by atoms with van der Waals surface area (Å²) < 4.78 is 0. The second-order valence-electron chi connectivity index (χ2n) is 4.21. The second-order valence-corrected chi connectivity index (χ2v) is 4.21. The molecule has 0 bridgehead atoms. The molecule has 7 heteroatoms. The monoisotopic (exact) mass is 279 g/mol. The van der Waals surface area contributed by atoms with E-state index in [-0.39, 0.29) is 6.42 Å². The van der Waals surface area contributed by atoms with Crippen molar-refractivity contribution in [3.05, 3.63) is 35.9 Å². The molecule has 0 aliphatic carbocycles. The number of rotatable bonds is 6. The lowest BCUT2D eigenvalue weighted by Crippen LogP contribution is -2.51. The maximum Gasteiger partial charge on any atom is 0.323 e. The van der Waals surface area contributed by atoms with Crippen molar-refractivity contribution in [1.82, 2.24) is 4.90 Å². The van der Waals surface area contributed by atoms with Gasteiger partial charge in [0.25, 0.3) is 0 Å². The zero-order valence-electron chi connectivity index (χ0n) is 10.9. The molecule has 1 rings (SSSR count). The Morgan fingerprint density at radius 1 is 1.20 bits per heavy atom. The van der Waals surface area contributed by atoms with Crippen molar-refractivity contribution >= 4 is 17.8 Å². The molecule has 0 heterocycles. The average Bonchev–Trinajstić information content (AvgIpc) is 2.44. The van der Waals surface area contributed by atoms with Crippen LogP contribution in [0.1, 0.15) is 5.56 Å². The van der Waals surface area contributed by atoms with Crippen LogP contribution in [0.4, 0.5) is 0 Å². The van der Waals surface area contributed by atoms with Gasteiger partial charge in [0.1, 0.15) is 6.54 Å². The fourth-order valence-electron chi connectivity index (χ4n) is 1.69. The summed E-state index contributed by atoms with van der Waals surface area (Å²) in [7, 11) is 0. The van der Waals surface area contributed by atoms with E-state index in [1.165, 1.54) is 0 Å². The third-order valence-electron chi connectivity index (χ3n) is 2.65. The number of carbonyl (C=O) groups excluding carboxylic acids is 2. The minimum atomic E-state index is -1.30. The fraction of sp³-hybridized carbons (Fsp3) is 0.308. The number of carboxylic acids is 1. The highest BCUT2D eigenvalue weighted by Crippen LogP contribution is 2.05. The second kappa shape index (κ2) is 7.37. The molecule has 1 aromatic carbocycles. The summed E-state index contributed by atoms with van der Waals surface area (Å²) in [6, 6.07) is 8.01. The van der Waals surface area contributed by atoms with E-state index in [9.17, 15) is 14.4 Å². The SMILES string of the molecule is NCC(=O)N(CC(=O)O)C(=O)C(N)Cc1ccccc1. The molecule has 1 atom stereocenters. The van der Waals surface area contributed by atoms with Gasteiger partial charge in [-0.15, -0.1) is 0 Å². The summed E-state index contributed by atoms with van der Waals surface area (Å²) in [4.78, 5) is 34.8. The number of carbonyl (C=O) groups is 3. The number of hydrogen-bond donors (Lipinski definition) is 3. The summed E-state index contributed by atoms with van der Waals surface area (Å²) >= 11 is 0. The summed E-state index contributed by atoms with van der Waals surface area (Å²) in [5.74, 6) is -2.81. The zero-order valence-corrected chi connectivity index (χ0v) is 10.9. The van der Waals surface area contributed by atoms with Gasteiger partial charge in [-0.05, 0) is 12.0 Å². The number of carboxylic acid groups (broad SMARTS) is 1. The number of imide groups is 1. The summed E-state index contributed by atoms with van der Waals surface area (Å²) in [6.45, 7) is -1.19. The van der Waals surface area contributed by atoms with Gasteiger partial charge in [-0.25, -0.2) is 0 Å². The van der Waals surface area contributed by atoms with Gasteiger partial charge in [0.15, 0.2) is 0 Å². The predicted molar refractivity (Wildman–Crippen MR) is 71.5 cm³/mol. The molecule has 0 saturated heterocycles. The number of nitrogens with zero attached hydrogens (tertiary/aromatic N) is 1. The summed E-state index contributed by atoms with van der Waals surface area (Å²) in [6.07, 6.45) is 0.216. The lowest BCUT2D eigenvalue weighted by Gasteiger charge is -2.21. The molecule has 5 N–H and O–H groups in total. The molecule has 108 valence electrons.